The summed E-state index contributed by atoms with van der Waals surface area (Å²) in [5, 5.41) is 0.444. The fourth-order valence-corrected chi connectivity index (χ4v) is 3.71. The molecule has 2 N–H and O–H groups in total. The van der Waals surface area contributed by atoms with E-state index in [0.29, 0.717) is 35.4 Å². The van der Waals surface area contributed by atoms with Gasteiger partial charge in [-0.1, -0.05) is 29.8 Å². The normalized spacial score (nSPS) is 22.4. The van der Waals surface area contributed by atoms with Crippen molar-refractivity contribution in [3.05, 3.63) is 64.7 Å². The maximum Gasteiger partial charge on any atom is 0.338 e. The zero-order valence-electron chi connectivity index (χ0n) is 15.4. The Bertz CT molecular complexity index is 851. The molecule has 5 nitrogen and oxygen atoms in total. The predicted molar refractivity (Wildman–Crippen MR) is 106 cm³/mol. The van der Waals surface area contributed by atoms with Gasteiger partial charge in [-0.15, -0.1) is 0 Å². The average Bonchev–Trinajstić information content (AvgIpc) is 2.66. The molecule has 0 heterocycles. The van der Waals surface area contributed by atoms with Gasteiger partial charge in [0.25, 0.3) is 0 Å². The third-order valence-electron chi connectivity index (χ3n) is 4.99. The SMILES string of the molecule is CN(C)c1ccc(C(=O)O[C@@H]2CCC[C@@](N)(c3ccccc3Cl)C2=O)cc1. The molecular formula is C21H23ClN2O3. The lowest BCUT2D eigenvalue weighted by atomic mass is 9.75. The third kappa shape index (κ3) is 3.84. The topological polar surface area (TPSA) is 72.6 Å². The van der Waals surface area contributed by atoms with Gasteiger partial charge in [-0.05, 0) is 55.2 Å². The van der Waals surface area contributed by atoms with Crippen LogP contribution in [0, 0.1) is 0 Å². The predicted octanol–water partition coefficient (Wildman–Crippen LogP) is 3.54. The van der Waals surface area contributed by atoms with Gasteiger partial charge in [-0.25, -0.2) is 4.79 Å². The zero-order valence-corrected chi connectivity index (χ0v) is 16.2. The van der Waals surface area contributed by atoms with Crippen molar-refractivity contribution in [2.45, 2.75) is 30.9 Å². The van der Waals surface area contributed by atoms with Crippen LogP contribution in [0.2, 0.25) is 5.02 Å². The summed E-state index contributed by atoms with van der Waals surface area (Å²) >= 11 is 6.26. The molecule has 0 bridgehead atoms. The molecule has 142 valence electrons. The first-order valence-electron chi connectivity index (χ1n) is 8.89. The smallest absolute Gasteiger partial charge is 0.338 e. The summed E-state index contributed by atoms with van der Waals surface area (Å²) in [6.07, 6.45) is 0.733. The molecule has 2 atom stereocenters. The molecule has 0 unspecified atom stereocenters. The second-order valence-electron chi connectivity index (χ2n) is 7.04. The molecule has 27 heavy (non-hydrogen) atoms. The van der Waals surface area contributed by atoms with Gasteiger partial charge in [0, 0.05) is 24.8 Å². The Labute approximate surface area is 164 Å². The van der Waals surface area contributed by atoms with Gasteiger partial charge < -0.3 is 15.4 Å². The molecule has 0 radical (unpaired) electrons. The first kappa shape index (κ1) is 19.4. The van der Waals surface area contributed by atoms with E-state index in [2.05, 4.69) is 0 Å². The molecule has 0 spiro atoms. The summed E-state index contributed by atoms with van der Waals surface area (Å²) in [5.41, 5.74) is 7.16. The van der Waals surface area contributed by atoms with E-state index < -0.39 is 17.6 Å². The van der Waals surface area contributed by atoms with Crippen LogP contribution < -0.4 is 10.6 Å². The highest BCUT2D eigenvalue weighted by molar-refractivity contribution is 6.31. The van der Waals surface area contributed by atoms with Crippen LogP contribution in [0.3, 0.4) is 0 Å². The Balaban J connectivity index is 1.78. The van der Waals surface area contributed by atoms with E-state index in [9.17, 15) is 9.59 Å². The number of benzene rings is 2. The molecule has 0 amide bonds. The number of esters is 1. The summed E-state index contributed by atoms with van der Waals surface area (Å²) in [5.74, 6) is -0.831. The summed E-state index contributed by atoms with van der Waals surface area (Å²) in [6, 6.07) is 14.1. The second kappa shape index (κ2) is 7.71. The summed E-state index contributed by atoms with van der Waals surface area (Å²) in [4.78, 5) is 27.5. The van der Waals surface area contributed by atoms with Gasteiger partial charge >= 0.3 is 5.97 Å². The van der Waals surface area contributed by atoms with Crippen molar-refractivity contribution < 1.29 is 14.3 Å². The molecule has 1 aliphatic carbocycles. The van der Waals surface area contributed by atoms with E-state index in [1.54, 1.807) is 36.4 Å². The number of ether oxygens (including phenoxy) is 1. The lowest BCUT2D eigenvalue weighted by Crippen LogP contribution is -2.53. The quantitative estimate of drug-likeness (QED) is 0.813. The molecule has 1 fully saturated rings. The van der Waals surface area contributed by atoms with Crippen molar-refractivity contribution in [1.82, 2.24) is 0 Å². The number of nitrogens with two attached hydrogens (primary N) is 1. The summed E-state index contributed by atoms with van der Waals surface area (Å²) in [7, 11) is 3.84. The van der Waals surface area contributed by atoms with Gasteiger partial charge in [0.2, 0.25) is 0 Å². The lowest BCUT2D eigenvalue weighted by Gasteiger charge is -2.36. The average molecular weight is 387 g/mol. The van der Waals surface area contributed by atoms with E-state index in [4.69, 9.17) is 22.1 Å². The van der Waals surface area contributed by atoms with Crippen LogP contribution in [0.1, 0.15) is 35.2 Å². The first-order valence-corrected chi connectivity index (χ1v) is 9.27. The van der Waals surface area contributed by atoms with Gasteiger partial charge in [-0.3, -0.25) is 4.79 Å². The van der Waals surface area contributed by atoms with Gasteiger partial charge in [0.15, 0.2) is 11.9 Å². The number of halogens is 1. The minimum absolute atomic E-state index is 0.305. The van der Waals surface area contributed by atoms with Crippen LogP contribution in [0.15, 0.2) is 48.5 Å². The number of hydrogen-bond donors (Lipinski definition) is 1. The number of ketones is 1. The van der Waals surface area contributed by atoms with E-state index in [0.717, 1.165) is 5.69 Å². The molecular weight excluding hydrogens is 364 g/mol. The minimum atomic E-state index is -1.24. The Kier molecular flexibility index (Phi) is 5.53. The van der Waals surface area contributed by atoms with Crippen molar-refractivity contribution in [3.63, 3.8) is 0 Å². The Morgan fingerprint density at radius 2 is 1.85 bits per heavy atom. The fourth-order valence-electron chi connectivity index (χ4n) is 3.40. The number of hydrogen-bond acceptors (Lipinski definition) is 5. The van der Waals surface area contributed by atoms with E-state index >= 15 is 0 Å². The van der Waals surface area contributed by atoms with Crippen molar-refractivity contribution in [2.75, 3.05) is 19.0 Å². The number of carbonyl (C=O) groups excluding carboxylic acids is 2. The minimum Gasteiger partial charge on any atom is -0.451 e. The Hall–Kier alpha value is -2.37. The molecule has 6 heteroatoms. The fraction of sp³-hybridized carbons (Fsp3) is 0.333. The lowest BCUT2D eigenvalue weighted by molar-refractivity contribution is -0.136. The highest BCUT2D eigenvalue weighted by Crippen LogP contribution is 2.37. The molecule has 1 saturated carbocycles. The molecule has 2 aromatic rings. The third-order valence-corrected chi connectivity index (χ3v) is 5.32. The zero-order chi connectivity index (χ0) is 19.6. The summed E-state index contributed by atoms with van der Waals surface area (Å²) < 4.78 is 5.52. The highest BCUT2D eigenvalue weighted by Gasteiger charge is 2.45. The van der Waals surface area contributed by atoms with E-state index in [1.807, 2.05) is 31.1 Å². The first-order chi connectivity index (χ1) is 12.8. The Morgan fingerprint density at radius 3 is 2.48 bits per heavy atom. The number of carbonyl (C=O) groups is 2. The summed E-state index contributed by atoms with van der Waals surface area (Å²) in [6.45, 7) is 0. The van der Waals surface area contributed by atoms with E-state index in [1.165, 1.54) is 0 Å². The van der Waals surface area contributed by atoms with Crippen LogP contribution >= 0.6 is 11.6 Å². The van der Waals surface area contributed by atoms with Crippen LogP contribution in [0.5, 0.6) is 0 Å². The van der Waals surface area contributed by atoms with Crippen molar-refractivity contribution in [2.24, 2.45) is 5.73 Å². The van der Waals surface area contributed by atoms with Crippen molar-refractivity contribution in [1.29, 1.82) is 0 Å². The molecule has 0 aromatic heterocycles. The largest absolute Gasteiger partial charge is 0.451 e. The number of rotatable bonds is 4. The molecule has 0 saturated heterocycles. The van der Waals surface area contributed by atoms with Gasteiger partial charge in [0.1, 0.15) is 5.54 Å². The maximum atomic E-state index is 13.0. The highest BCUT2D eigenvalue weighted by atomic mass is 35.5. The van der Waals surface area contributed by atoms with Crippen LogP contribution in [0.4, 0.5) is 5.69 Å². The monoisotopic (exact) mass is 386 g/mol. The van der Waals surface area contributed by atoms with Gasteiger partial charge in [0.05, 0.1) is 5.56 Å². The van der Waals surface area contributed by atoms with Crippen molar-refractivity contribution >= 4 is 29.0 Å². The molecule has 0 aliphatic heterocycles. The van der Waals surface area contributed by atoms with Crippen LogP contribution in [-0.4, -0.2) is 32.0 Å². The van der Waals surface area contributed by atoms with Crippen LogP contribution in [0.25, 0.3) is 0 Å². The molecule has 3 rings (SSSR count). The number of nitrogens with zero attached hydrogens (tertiary/aromatic N) is 1. The second-order valence-corrected chi connectivity index (χ2v) is 7.45. The van der Waals surface area contributed by atoms with Gasteiger partial charge in [-0.2, -0.15) is 0 Å². The van der Waals surface area contributed by atoms with Crippen LogP contribution in [-0.2, 0) is 15.1 Å². The molecule has 1 aliphatic rings. The number of Topliss-reactive ketones (excluding diaryl/α,β-unsaturated/α-hetero) is 1. The van der Waals surface area contributed by atoms with E-state index in [-0.39, 0.29) is 5.78 Å². The molecule has 2 aromatic carbocycles. The standard InChI is InChI=1S/C21H23ClN2O3/c1-24(2)15-11-9-14(10-12-15)20(26)27-18-8-5-13-21(23,19(18)25)16-6-3-4-7-17(16)22/h3-4,6-7,9-12,18H,5,8,13,23H2,1-2H3/t18-,21-/m1/s1. The Morgan fingerprint density at radius 1 is 1.19 bits per heavy atom. The number of anilines is 1. The van der Waals surface area contributed by atoms with Crippen molar-refractivity contribution in [3.8, 4) is 0 Å². The maximum absolute atomic E-state index is 13.0.